The van der Waals surface area contributed by atoms with Crippen molar-refractivity contribution in [2.75, 3.05) is 0 Å². The number of nitriles is 1. The van der Waals surface area contributed by atoms with E-state index in [1.807, 2.05) is 56.3 Å². The highest BCUT2D eigenvalue weighted by molar-refractivity contribution is 5.97. The van der Waals surface area contributed by atoms with E-state index in [2.05, 4.69) is 20.8 Å². The van der Waals surface area contributed by atoms with Crippen LogP contribution in [0, 0.1) is 18.3 Å². The molecule has 2 N–H and O–H groups in total. The largest absolute Gasteiger partial charge is 0.508 e. The van der Waals surface area contributed by atoms with E-state index in [-0.39, 0.29) is 34.5 Å². The molecule has 0 saturated heterocycles. The molecule has 202 valence electrons. The Bertz CT molecular complexity index is 1270. The Hall–Kier alpha value is -4.11. The van der Waals surface area contributed by atoms with Crippen molar-refractivity contribution in [1.82, 2.24) is 0 Å². The fraction of sp³-hybridized carbons (Fsp3) is 0.344. The first-order chi connectivity index (χ1) is 17.8. The number of ketones is 2. The number of carbonyl (C=O) groups is 2. The fourth-order valence-electron chi connectivity index (χ4n) is 3.79. The van der Waals surface area contributed by atoms with Crippen LogP contribution in [0.1, 0.15) is 103 Å². The summed E-state index contributed by atoms with van der Waals surface area (Å²) in [6.45, 7) is 15.0. The lowest BCUT2D eigenvalue weighted by Crippen LogP contribution is -2.05. The molecule has 0 aliphatic heterocycles. The van der Waals surface area contributed by atoms with Gasteiger partial charge in [0.15, 0.2) is 11.6 Å². The van der Waals surface area contributed by atoms with Crippen LogP contribution in [0.3, 0.4) is 0 Å². The van der Waals surface area contributed by atoms with Gasteiger partial charge in [-0.05, 0) is 73.1 Å². The number of carbonyl (C=O) groups excluding carboxylic acids is 2. The van der Waals surface area contributed by atoms with E-state index >= 15 is 0 Å². The van der Waals surface area contributed by atoms with Gasteiger partial charge in [-0.2, -0.15) is 5.26 Å². The fourth-order valence-corrected chi connectivity index (χ4v) is 3.79. The van der Waals surface area contributed by atoms with Crippen molar-refractivity contribution >= 4 is 11.6 Å². The van der Waals surface area contributed by atoms with E-state index < -0.39 is 0 Å². The number of nitrogens with zero attached hydrogens (tertiary/aromatic N) is 1. The van der Waals surface area contributed by atoms with Crippen LogP contribution in [0.2, 0.25) is 0 Å². The topological polar surface area (TPSA) is 108 Å². The number of Topliss-reactive ketones (excluding diaryl/α,β-unsaturated/α-hetero) is 2. The molecule has 6 heteroatoms. The van der Waals surface area contributed by atoms with Gasteiger partial charge in [-0.3, -0.25) is 9.59 Å². The van der Waals surface area contributed by atoms with Gasteiger partial charge >= 0.3 is 0 Å². The van der Waals surface area contributed by atoms with Crippen molar-refractivity contribution < 1.29 is 24.5 Å². The monoisotopic (exact) mass is 517 g/mol. The summed E-state index contributed by atoms with van der Waals surface area (Å²) in [4.78, 5) is 23.0. The van der Waals surface area contributed by atoms with Crippen LogP contribution < -0.4 is 4.74 Å². The number of ether oxygens (including phenoxy) is 1. The van der Waals surface area contributed by atoms with E-state index in [0.29, 0.717) is 29.4 Å². The Morgan fingerprint density at radius 1 is 0.842 bits per heavy atom. The summed E-state index contributed by atoms with van der Waals surface area (Å²) in [6.07, 6.45) is 0. The predicted octanol–water partition coefficient (Wildman–Crippen LogP) is 7.85. The molecule has 3 aromatic rings. The second-order valence-electron chi connectivity index (χ2n) is 9.55. The Labute approximate surface area is 226 Å². The van der Waals surface area contributed by atoms with Crippen LogP contribution in [-0.2, 0) is 6.61 Å². The summed E-state index contributed by atoms with van der Waals surface area (Å²) < 4.78 is 5.88. The van der Waals surface area contributed by atoms with Crippen LogP contribution in [0.25, 0.3) is 0 Å². The Kier molecular flexibility index (Phi) is 12.8. The summed E-state index contributed by atoms with van der Waals surface area (Å²) in [7, 11) is 0. The molecule has 3 rings (SSSR count). The molecule has 0 amide bonds. The molecule has 0 saturated carbocycles. The quantitative estimate of drug-likeness (QED) is 0.309. The van der Waals surface area contributed by atoms with Crippen LogP contribution in [0.5, 0.6) is 17.2 Å². The van der Waals surface area contributed by atoms with Gasteiger partial charge in [0.25, 0.3) is 0 Å². The number of benzene rings is 3. The second-order valence-corrected chi connectivity index (χ2v) is 9.55. The highest BCUT2D eigenvalue weighted by Gasteiger charge is 2.15. The van der Waals surface area contributed by atoms with Gasteiger partial charge in [-0.15, -0.1) is 0 Å². The van der Waals surface area contributed by atoms with Crippen molar-refractivity contribution in [3.63, 3.8) is 0 Å². The van der Waals surface area contributed by atoms with Gasteiger partial charge in [-0.25, -0.2) is 0 Å². The molecule has 3 aromatic carbocycles. The van der Waals surface area contributed by atoms with Gasteiger partial charge in [0.05, 0.1) is 17.2 Å². The average molecular weight is 518 g/mol. The molecule has 38 heavy (non-hydrogen) atoms. The first-order valence-corrected chi connectivity index (χ1v) is 12.5. The molecule has 0 aliphatic carbocycles. The van der Waals surface area contributed by atoms with Crippen LogP contribution in [0.15, 0.2) is 54.6 Å². The minimum atomic E-state index is -0.204. The highest BCUT2D eigenvalue weighted by atomic mass is 16.5. The van der Waals surface area contributed by atoms with Crippen molar-refractivity contribution in [3.05, 3.63) is 88.0 Å². The first kappa shape index (κ1) is 31.9. The predicted molar refractivity (Wildman–Crippen MR) is 151 cm³/mol. The average Bonchev–Trinajstić information content (AvgIpc) is 2.83. The Balaban J connectivity index is 0.000000368. The normalized spacial score (nSPS) is 10.0. The maximum absolute atomic E-state index is 11.9. The van der Waals surface area contributed by atoms with Crippen molar-refractivity contribution in [2.45, 2.75) is 73.8 Å². The smallest absolute Gasteiger partial charge is 0.163 e. The van der Waals surface area contributed by atoms with Gasteiger partial charge < -0.3 is 14.9 Å². The number of aryl methyl sites for hydroxylation is 1. The third-order valence-corrected chi connectivity index (χ3v) is 5.75. The molecule has 0 spiro atoms. The molecule has 0 bridgehead atoms. The van der Waals surface area contributed by atoms with Gasteiger partial charge in [-0.1, -0.05) is 58.0 Å². The lowest BCUT2D eigenvalue weighted by Gasteiger charge is -2.16. The van der Waals surface area contributed by atoms with Gasteiger partial charge in [0.2, 0.25) is 0 Å². The number of hydrogen-bond acceptors (Lipinski definition) is 6. The molecule has 6 nitrogen and oxygen atoms in total. The molecule has 0 heterocycles. The standard InChI is InChI=1S/C19H22O2.C11H14O3.C2H3N/c1-13(2)17-11-18(15(4)20)19(10-14(17)3)21-12-16-8-6-5-7-9-16;1-6(2)8-4-9(7(3)12)11(14)5-10(8)13;1-2-3/h5-11,13H,12H2,1-4H3;4-6,13-14H,1-3H3;1H3. The molecule has 0 unspecified atom stereocenters. The zero-order valence-corrected chi connectivity index (χ0v) is 23.6. The highest BCUT2D eigenvalue weighted by Crippen LogP contribution is 2.32. The molecular weight excluding hydrogens is 478 g/mol. The van der Waals surface area contributed by atoms with Crippen LogP contribution >= 0.6 is 0 Å². The minimum absolute atomic E-state index is 0.0301. The number of phenols is 2. The van der Waals surface area contributed by atoms with Crippen LogP contribution in [0.4, 0.5) is 0 Å². The maximum atomic E-state index is 11.9. The minimum Gasteiger partial charge on any atom is -0.508 e. The third-order valence-electron chi connectivity index (χ3n) is 5.75. The number of aromatic hydroxyl groups is 2. The van der Waals surface area contributed by atoms with Gasteiger partial charge in [0, 0.05) is 13.0 Å². The molecule has 0 atom stereocenters. The summed E-state index contributed by atoms with van der Waals surface area (Å²) in [5.74, 6) is 0.888. The first-order valence-electron chi connectivity index (χ1n) is 12.5. The lowest BCUT2D eigenvalue weighted by molar-refractivity contribution is 0.100. The molecule has 0 radical (unpaired) electrons. The lowest BCUT2D eigenvalue weighted by atomic mass is 9.94. The number of phenolic OH excluding ortho intramolecular Hbond substituents is 2. The van der Waals surface area contributed by atoms with Gasteiger partial charge in [0.1, 0.15) is 23.9 Å². The van der Waals surface area contributed by atoms with Crippen LogP contribution in [-0.4, -0.2) is 21.8 Å². The number of rotatable bonds is 7. The van der Waals surface area contributed by atoms with Crippen molar-refractivity contribution in [3.8, 4) is 23.3 Å². The zero-order valence-electron chi connectivity index (χ0n) is 23.6. The summed E-state index contributed by atoms with van der Waals surface area (Å²) in [6, 6.07) is 18.4. The van der Waals surface area contributed by atoms with Crippen molar-refractivity contribution in [2.24, 2.45) is 0 Å². The Morgan fingerprint density at radius 2 is 1.34 bits per heavy atom. The van der Waals surface area contributed by atoms with E-state index in [1.165, 1.54) is 31.5 Å². The molecule has 0 aliphatic rings. The van der Waals surface area contributed by atoms with Crippen molar-refractivity contribution in [1.29, 1.82) is 5.26 Å². The molecule has 0 aromatic heterocycles. The zero-order chi connectivity index (χ0) is 29.0. The maximum Gasteiger partial charge on any atom is 0.163 e. The third kappa shape index (κ3) is 9.40. The Morgan fingerprint density at radius 3 is 1.82 bits per heavy atom. The van der Waals surface area contributed by atoms with E-state index in [1.54, 1.807) is 13.0 Å². The second kappa shape index (κ2) is 15.2. The molecule has 0 fully saturated rings. The summed E-state index contributed by atoms with van der Waals surface area (Å²) in [5, 5.41) is 26.2. The SMILES string of the molecule is CC#N.CC(=O)c1cc(C(C)C)c(C)cc1OCc1ccccc1.CC(=O)c1cc(C(C)C)c(O)cc1O. The summed E-state index contributed by atoms with van der Waals surface area (Å²) in [5.41, 5.74) is 5.06. The number of hydrogen-bond donors (Lipinski definition) is 2. The van der Waals surface area contributed by atoms with E-state index in [9.17, 15) is 19.8 Å². The van der Waals surface area contributed by atoms with E-state index in [0.717, 1.165) is 11.1 Å². The van der Waals surface area contributed by atoms with E-state index in [4.69, 9.17) is 10.00 Å². The summed E-state index contributed by atoms with van der Waals surface area (Å²) >= 11 is 0. The molecular formula is C32H39NO5.